The number of esters is 1. The molecule has 0 aliphatic rings. The maximum absolute atomic E-state index is 11.2. The van der Waals surface area contributed by atoms with E-state index in [9.17, 15) is 4.79 Å². The lowest BCUT2D eigenvalue weighted by atomic mass is 10.2. The van der Waals surface area contributed by atoms with Gasteiger partial charge >= 0.3 is 5.97 Å². The minimum Gasteiger partial charge on any atom is -0.468 e. The molecule has 4 heteroatoms. The van der Waals surface area contributed by atoms with Gasteiger partial charge in [0, 0.05) is 9.58 Å². The van der Waals surface area contributed by atoms with Crippen molar-refractivity contribution in [3.8, 4) is 0 Å². The summed E-state index contributed by atoms with van der Waals surface area (Å²) in [5, 5.41) is 1.11. The van der Waals surface area contributed by atoms with E-state index in [-0.39, 0.29) is 0 Å². The van der Waals surface area contributed by atoms with Crippen LogP contribution < -0.4 is 5.73 Å². The van der Waals surface area contributed by atoms with E-state index >= 15 is 0 Å². The van der Waals surface area contributed by atoms with Crippen molar-refractivity contribution in [3.05, 3.63) is 35.2 Å². The highest BCUT2D eigenvalue weighted by Crippen LogP contribution is 2.29. The Morgan fingerprint density at radius 3 is 2.87 bits per heavy atom. The lowest BCUT2D eigenvalue weighted by Gasteiger charge is -2.05. The summed E-state index contributed by atoms with van der Waals surface area (Å²) in [5.41, 5.74) is 5.75. The molecule has 0 spiro atoms. The fraction of sp³-hybridized carbons (Fsp3) is 0.182. The average Bonchev–Trinajstić information content (AvgIpc) is 2.70. The zero-order chi connectivity index (χ0) is 10.8. The van der Waals surface area contributed by atoms with Crippen LogP contribution in [-0.4, -0.2) is 13.1 Å². The number of nitrogens with two attached hydrogens (primary N) is 1. The van der Waals surface area contributed by atoms with Crippen molar-refractivity contribution >= 4 is 27.4 Å². The predicted octanol–water partition coefficient (Wildman–Crippen LogP) is 2.07. The molecule has 0 bridgehead atoms. The fourth-order valence-corrected chi connectivity index (χ4v) is 2.45. The Labute approximate surface area is 91.5 Å². The van der Waals surface area contributed by atoms with Crippen LogP contribution >= 0.6 is 11.3 Å². The van der Waals surface area contributed by atoms with Crippen LogP contribution in [0.1, 0.15) is 10.9 Å². The number of hydrogen-bond donors (Lipinski definition) is 1. The minimum atomic E-state index is -0.674. The van der Waals surface area contributed by atoms with Crippen molar-refractivity contribution in [2.24, 2.45) is 5.73 Å². The Kier molecular flexibility index (Phi) is 2.70. The molecule has 0 aliphatic carbocycles. The summed E-state index contributed by atoms with van der Waals surface area (Å²) in [7, 11) is 1.34. The van der Waals surface area contributed by atoms with Crippen LogP contribution in [0.3, 0.4) is 0 Å². The van der Waals surface area contributed by atoms with Gasteiger partial charge in [0.1, 0.15) is 6.04 Å². The highest BCUT2D eigenvalue weighted by molar-refractivity contribution is 7.19. The van der Waals surface area contributed by atoms with Gasteiger partial charge in [-0.3, -0.25) is 0 Å². The number of carbonyl (C=O) groups excluding carboxylic acids is 1. The van der Waals surface area contributed by atoms with Crippen LogP contribution in [0.4, 0.5) is 0 Å². The smallest absolute Gasteiger partial charge is 0.328 e. The first kappa shape index (κ1) is 10.1. The number of hydrogen-bond acceptors (Lipinski definition) is 4. The molecule has 1 unspecified atom stereocenters. The van der Waals surface area contributed by atoms with Gasteiger partial charge in [0.05, 0.1) is 7.11 Å². The fourth-order valence-electron chi connectivity index (χ4n) is 1.40. The third-order valence-corrected chi connectivity index (χ3v) is 3.41. The highest BCUT2D eigenvalue weighted by Gasteiger charge is 2.18. The van der Waals surface area contributed by atoms with Gasteiger partial charge in [-0.25, -0.2) is 4.79 Å². The number of thiophene rings is 1. The second-order valence-corrected chi connectivity index (χ2v) is 4.30. The second-order valence-electron chi connectivity index (χ2n) is 3.19. The zero-order valence-corrected chi connectivity index (χ0v) is 9.08. The normalized spacial score (nSPS) is 12.7. The Balaban J connectivity index is 2.40. The summed E-state index contributed by atoms with van der Waals surface area (Å²) in [4.78, 5) is 12.1. The molecule has 1 aromatic carbocycles. The van der Waals surface area contributed by atoms with Crippen LogP contribution in [0, 0.1) is 0 Å². The highest BCUT2D eigenvalue weighted by atomic mass is 32.1. The molecule has 0 aliphatic heterocycles. The van der Waals surface area contributed by atoms with E-state index in [0.29, 0.717) is 0 Å². The molecule has 2 N–H and O–H groups in total. The van der Waals surface area contributed by atoms with Crippen LogP contribution in [0.5, 0.6) is 0 Å². The molecule has 2 rings (SSSR count). The van der Waals surface area contributed by atoms with Crippen LogP contribution in [0.2, 0.25) is 0 Å². The van der Waals surface area contributed by atoms with Crippen LogP contribution in [0.25, 0.3) is 10.1 Å². The summed E-state index contributed by atoms with van der Waals surface area (Å²) >= 11 is 1.52. The number of benzene rings is 1. The third-order valence-electron chi connectivity index (χ3n) is 2.21. The van der Waals surface area contributed by atoms with Gasteiger partial charge in [-0.1, -0.05) is 18.2 Å². The van der Waals surface area contributed by atoms with Crippen molar-refractivity contribution in [1.29, 1.82) is 0 Å². The van der Waals surface area contributed by atoms with E-state index in [1.807, 2.05) is 30.3 Å². The van der Waals surface area contributed by atoms with Gasteiger partial charge in [-0.2, -0.15) is 0 Å². The number of fused-ring (bicyclic) bond motifs is 1. The first-order valence-electron chi connectivity index (χ1n) is 4.54. The SMILES string of the molecule is COC(=O)C(N)c1cc2ccccc2s1. The number of carbonyl (C=O) groups is 1. The van der Waals surface area contributed by atoms with Gasteiger partial charge < -0.3 is 10.5 Å². The molecule has 15 heavy (non-hydrogen) atoms. The first-order chi connectivity index (χ1) is 7.22. The molecular formula is C11H11NO2S. The van der Waals surface area contributed by atoms with Crippen molar-refractivity contribution in [2.75, 3.05) is 7.11 Å². The predicted molar refractivity (Wildman–Crippen MR) is 60.8 cm³/mol. The number of ether oxygens (including phenoxy) is 1. The van der Waals surface area contributed by atoms with Crippen LogP contribution in [-0.2, 0) is 9.53 Å². The molecule has 0 saturated heterocycles. The molecule has 0 fully saturated rings. The van der Waals surface area contributed by atoms with E-state index < -0.39 is 12.0 Å². The van der Waals surface area contributed by atoms with Gasteiger partial charge in [0.15, 0.2) is 0 Å². The summed E-state index contributed by atoms with van der Waals surface area (Å²) in [6.45, 7) is 0. The van der Waals surface area contributed by atoms with E-state index in [4.69, 9.17) is 5.73 Å². The lowest BCUT2D eigenvalue weighted by molar-refractivity contribution is -0.142. The van der Waals surface area contributed by atoms with E-state index in [1.165, 1.54) is 18.4 Å². The van der Waals surface area contributed by atoms with Crippen molar-refractivity contribution < 1.29 is 9.53 Å². The molecule has 1 atom stereocenters. The Hall–Kier alpha value is -1.39. The topological polar surface area (TPSA) is 52.3 Å². The second kappa shape index (κ2) is 4.00. The van der Waals surface area contributed by atoms with Gasteiger partial charge in [-0.05, 0) is 17.5 Å². The Morgan fingerprint density at radius 2 is 2.20 bits per heavy atom. The first-order valence-corrected chi connectivity index (χ1v) is 5.36. The van der Waals surface area contributed by atoms with Crippen molar-refractivity contribution in [1.82, 2.24) is 0 Å². The van der Waals surface area contributed by atoms with Crippen molar-refractivity contribution in [3.63, 3.8) is 0 Å². The molecule has 0 radical (unpaired) electrons. The number of rotatable bonds is 2. The van der Waals surface area contributed by atoms with E-state index in [0.717, 1.165) is 15.0 Å². The standard InChI is InChI=1S/C11H11NO2S/c1-14-11(13)10(12)9-6-7-4-2-3-5-8(7)15-9/h2-6,10H,12H2,1H3. The summed E-state index contributed by atoms with van der Waals surface area (Å²) in [5.74, 6) is -0.401. The average molecular weight is 221 g/mol. The minimum absolute atomic E-state index is 0.401. The molecular weight excluding hydrogens is 210 g/mol. The van der Waals surface area contributed by atoms with Crippen molar-refractivity contribution in [2.45, 2.75) is 6.04 Å². The molecule has 1 heterocycles. The molecule has 2 aromatic rings. The lowest BCUT2D eigenvalue weighted by Crippen LogP contribution is -2.21. The number of methoxy groups -OCH3 is 1. The molecule has 0 saturated carbocycles. The van der Waals surface area contributed by atoms with Crippen LogP contribution in [0.15, 0.2) is 30.3 Å². The summed E-state index contributed by atoms with van der Waals surface area (Å²) < 4.78 is 5.74. The Morgan fingerprint density at radius 1 is 1.47 bits per heavy atom. The zero-order valence-electron chi connectivity index (χ0n) is 8.27. The third kappa shape index (κ3) is 1.86. The van der Waals surface area contributed by atoms with Gasteiger partial charge in [0.2, 0.25) is 0 Å². The molecule has 78 valence electrons. The van der Waals surface area contributed by atoms with Gasteiger partial charge in [-0.15, -0.1) is 11.3 Å². The van der Waals surface area contributed by atoms with Gasteiger partial charge in [0.25, 0.3) is 0 Å². The van der Waals surface area contributed by atoms with E-state index in [2.05, 4.69) is 4.74 Å². The largest absolute Gasteiger partial charge is 0.468 e. The molecule has 0 amide bonds. The maximum atomic E-state index is 11.2. The summed E-state index contributed by atoms with van der Waals surface area (Å²) in [6, 6.07) is 9.19. The quantitative estimate of drug-likeness (QED) is 0.790. The molecule has 3 nitrogen and oxygen atoms in total. The Bertz CT molecular complexity index is 459. The maximum Gasteiger partial charge on any atom is 0.328 e. The van der Waals surface area contributed by atoms with E-state index in [1.54, 1.807) is 0 Å². The summed E-state index contributed by atoms with van der Waals surface area (Å²) in [6.07, 6.45) is 0. The molecule has 1 aromatic heterocycles. The monoisotopic (exact) mass is 221 g/mol.